The molecule has 0 atom stereocenters. The van der Waals surface area contributed by atoms with Gasteiger partial charge in [-0.3, -0.25) is 4.79 Å². The number of anilines is 2. The number of nitrogens with two attached hydrogens (primary N) is 2. The largest absolute Gasteiger partial charge is 0.397 e. The molecule has 0 aliphatic rings. The number of amides is 1. The summed E-state index contributed by atoms with van der Waals surface area (Å²) in [4.78, 5) is 15.5. The second-order valence-corrected chi connectivity index (χ2v) is 5.43. The van der Waals surface area contributed by atoms with Crippen molar-refractivity contribution in [2.45, 2.75) is 58.3 Å². The fourth-order valence-corrected chi connectivity index (χ4v) is 2.28. The number of nitrogens with one attached hydrogen (secondary N) is 1. The fourth-order valence-electron chi connectivity index (χ4n) is 2.28. The summed E-state index contributed by atoms with van der Waals surface area (Å²) in [5.74, 6) is 0.0212. The topological polar surface area (TPSA) is 94.0 Å². The highest BCUT2D eigenvalue weighted by Crippen LogP contribution is 2.15. The number of pyridine rings is 1. The maximum absolute atomic E-state index is 11.3. The van der Waals surface area contributed by atoms with Crippen molar-refractivity contribution in [1.29, 1.82) is 0 Å². The zero-order chi connectivity index (χ0) is 15.5. The van der Waals surface area contributed by atoms with Gasteiger partial charge in [0.1, 0.15) is 5.82 Å². The average Bonchev–Trinajstić information content (AvgIpc) is 2.46. The van der Waals surface area contributed by atoms with Crippen LogP contribution in [0, 0.1) is 0 Å². The van der Waals surface area contributed by atoms with E-state index in [1.54, 1.807) is 6.07 Å². The maximum Gasteiger partial charge on any atom is 0.252 e. The fraction of sp³-hybridized carbons (Fsp3) is 0.625. The molecule has 5 nitrogen and oxygen atoms in total. The van der Waals surface area contributed by atoms with Gasteiger partial charge in [0.05, 0.1) is 17.4 Å². The summed E-state index contributed by atoms with van der Waals surface area (Å²) in [5, 5.41) is 3.17. The van der Waals surface area contributed by atoms with Crippen LogP contribution < -0.4 is 16.8 Å². The van der Waals surface area contributed by atoms with E-state index in [9.17, 15) is 4.79 Å². The van der Waals surface area contributed by atoms with Crippen molar-refractivity contribution in [2.24, 2.45) is 5.73 Å². The van der Waals surface area contributed by atoms with E-state index in [0.717, 1.165) is 13.0 Å². The Labute approximate surface area is 127 Å². The molecule has 21 heavy (non-hydrogen) atoms. The summed E-state index contributed by atoms with van der Waals surface area (Å²) in [7, 11) is 0. The van der Waals surface area contributed by atoms with Gasteiger partial charge in [0.25, 0.3) is 5.91 Å². The quantitative estimate of drug-likeness (QED) is 0.545. The number of primary amides is 1. The molecule has 1 amide bonds. The smallest absolute Gasteiger partial charge is 0.252 e. The molecule has 0 aromatic carbocycles. The molecule has 1 rings (SSSR count). The van der Waals surface area contributed by atoms with Crippen LogP contribution in [0.2, 0.25) is 0 Å². The van der Waals surface area contributed by atoms with Gasteiger partial charge < -0.3 is 16.8 Å². The second kappa shape index (κ2) is 10.0. The molecule has 0 spiro atoms. The molecular weight excluding hydrogens is 264 g/mol. The standard InChI is InChI=1S/C16H28N4O/c1-2-3-4-5-6-7-8-9-10-19-16-14(15(18)21)11-13(17)12-20-16/h11-12H,2-10,17H2,1H3,(H2,18,21)(H,19,20). The Morgan fingerprint density at radius 2 is 1.76 bits per heavy atom. The maximum atomic E-state index is 11.3. The van der Waals surface area contributed by atoms with Crippen LogP contribution in [-0.2, 0) is 0 Å². The van der Waals surface area contributed by atoms with E-state index in [-0.39, 0.29) is 0 Å². The number of carbonyl (C=O) groups is 1. The van der Waals surface area contributed by atoms with E-state index in [1.165, 1.54) is 51.1 Å². The number of rotatable bonds is 11. The summed E-state index contributed by atoms with van der Waals surface area (Å²) in [6.07, 6.45) is 11.7. The van der Waals surface area contributed by atoms with E-state index in [1.807, 2.05) is 0 Å². The third kappa shape index (κ3) is 6.97. The first-order valence-electron chi connectivity index (χ1n) is 7.94. The second-order valence-electron chi connectivity index (χ2n) is 5.43. The van der Waals surface area contributed by atoms with Crippen molar-refractivity contribution in [3.63, 3.8) is 0 Å². The van der Waals surface area contributed by atoms with Gasteiger partial charge in [-0.1, -0.05) is 51.9 Å². The van der Waals surface area contributed by atoms with Crippen LogP contribution in [0.5, 0.6) is 0 Å². The Morgan fingerprint density at radius 3 is 2.38 bits per heavy atom. The first-order valence-corrected chi connectivity index (χ1v) is 7.94. The SMILES string of the molecule is CCCCCCCCCCNc1ncc(N)cc1C(N)=O. The number of carbonyl (C=O) groups excluding carboxylic acids is 1. The molecule has 0 saturated carbocycles. The molecule has 0 fully saturated rings. The third-order valence-corrected chi connectivity index (χ3v) is 3.50. The van der Waals surface area contributed by atoms with Crippen LogP contribution >= 0.6 is 0 Å². The number of nitrogens with zero attached hydrogens (tertiary/aromatic N) is 1. The minimum atomic E-state index is -0.506. The van der Waals surface area contributed by atoms with Gasteiger partial charge in [0, 0.05) is 6.54 Å². The summed E-state index contributed by atoms with van der Waals surface area (Å²) in [6.45, 7) is 3.03. The highest BCUT2D eigenvalue weighted by atomic mass is 16.1. The van der Waals surface area contributed by atoms with Crippen LogP contribution in [0.15, 0.2) is 12.3 Å². The molecule has 1 heterocycles. The van der Waals surface area contributed by atoms with Gasteiger partial charge in [-0.25, -0.2) is 4.98 Å². The number of aromatic nitrogens is 1. The van der Waals surface area contributed by atoms with E-state index in [4.69, 9.17) is 11.5 Å². The van der Waals surface area contributed by atoms with E-state index >= 15 is 0 Å². The molecule has 0 aliphatic carbocycles. The van der Waals surface area contributed by atoms with Crippen LogP contribution in [0.4, 0.5) is 11.5 Å². The lowest BCUT2D eigenvalue weighted by atomic mass is 10.1. The Bertz CT molecular complexity index is 434. The van der Waals surface area contributed by atoms with Crippen molar-refractivity contribution in [2.75, 3.05) is 17.6 Å². The Morgan fingerprint density at radius 1 is 1.14 bits per heavy atom. The van der Waals surface area contributed by atoms with Crippen molar-refractivity contribution in [3.8, 4) is 0 Å². The first kappa shape index (κ1) is 17.3. The zero-order valence-electron chi connectivity index (χ0n) is 13.0. The van der Waals surface area contributed by atoms with E-state index in [2.05, 4.69) is 17.2 Å². The lowest BCUT2D eigenvalue weighted by Crippen LogP contribution is -2.16. The number of unbranched alkanes of at least 4 members (excludes halogenated alkanes) is 7. The highest BCUT2D eigenvalue weighted by Gasteiger charge is 2.09. The predicted octanol–water partition coefficient (Wildman–Crippen LogP) is 3.32. The molecule has 0 saturated heterocycles. The molecule has 118 valence electrons. The van der Waals surface area contributed by atoms with Gasteiger partial charge in [-0.2, -0.15) is 0 Å². The van der Waals surface area contributed by atoms with Crippen molar-refractivity contribution >= 4 is 17.4 Å². The molecule has 0 aliphatic heterocycles. The molecule has 0 bridgehead atoms. The molecule has 5 heteroatoms. The summed E-state index contributed by atoms with van der Waals surface area (Å²) in [5.41, 5.74) is 11.7. The number of hydrogen-bond donors (Lipinski definition) is 3. The van der Waals surface area contributed by atoms with Gasteiger partial charge in [0.2, 0.25) is 0 Å². The highest BCUT2D eigenvalue weighted by molar-refractivity contribution is 5.98. The summed E-state index contributed by atoms with van der Waals surface area (Å²) in [6, 6.07) is 1.56. The van der Waals surface area contributed by atoms with Gasteiger partial charge in [-0.05, 0) is 12.5 Å². The van der Waals surface area contributed by atoms with Crippen LogP contribution in [0.25, 0.3) is 0 Å². The lowest BCUT2D eigenvalue weighted by molar-refractivity contribution is 0.100. The van der Waals surface area contributed by atoms with Crippen LogP contribution in [0.1, 0.15) is 68.6 Å². The monoisotopic (exact) mass is 292 g/mol. The van der Waals surface area contributed by atoms with Gasteiger partial charge >= 0.3 is 0 Å². The van der Waals surface area contributed by atoms with E-state index in [0.29, 0.717) is 17.1 Å². The van der Waals surface area contributed by atoms with Gasteiger partial charge in [-0.15, -0.1) is 0 Å². The van der Waals surface area contributed by atoms with Crippen LogP contribution in [0.3, 0.4) is 0 Å². The Kier molecular flexibility index (Phi) is 8.24. The van der Waals surface area contributed by atoms with Crippen LogP contribution in [-0.4, -0.2) is 17.4 Å². The summed E-state index contributed by atoms with van der Waals surface area (Å²) >= 11 is 0. The predicted molar refractivity (Wildman–Crippen MR) is 88.3 cm³/mol. The zero-order valence-corrected chi connectivity index (χ0v) is 13.0. The van der Waals surface area contributed by atoms with Crippen molar-refractivity contribution < 1.29 is 4.79 Å². The normalized spacial score (nSPS) is 10.5. The number of hydrogen-bond acceptors (Lipinski definition) is 4. The van der Waals surface area contributed by atoms with Crippen molar-refractivity contribution in [1.82, 2.24) is 4.98 Å². The first-order chi connectivity index (χ1) is 10.1. The van der Waals surface area contributed by atoms with Crippen molar-refractivity contribution in [3.05, 3.63) is 17.8 Å². The number of nitrogen functional groups attached to an aromatic ring is 1. The minimum Gasteiger partial charge on any atom is -0.397 e. The Hall–Kier alpha value is -1.78. The lowest BCUT2D eigenvalue weighted by Gasteiger charge is -2.09. The molecular formula is C16H28N4O. The molecule has 5 N–H and O–H groups in total. The Balaban J connectivity index is 2.20. The average molecular weight is 292 g/mol. The molecule has 1 aromatic heterocycles. The third-order valence-electron chi connectivity index (χ3n) is 3.50. The molecule has 1 aromatic rings. The molecule has 0 radical (unpaired) electrons. The van der Waals surface area contributed by atoms with Gasteiger partial charge in [0.15, 0.2) is 0 Å². The van der Waals surface area contributed by atoms with E-state index < -0.39 is 5.91 Å². The molecule has 0 unspecified atom stereocenters. The summed E-state index contributed by atoms with van der Waals surface area (Å²) < 4.78 is 0. The minimum absolute atomic E-state index is 0.356.